The van der Waals surface area contributed by atoms with E-state index in [0.29, 0.717) is 12.5 Å². The molecule has 1 unspecified atom stereocenters. The minimum atomic E-state index is -0.227. The van der Waals surface area contributed by atoms with Crippen molar-refractivity contribution in [1.29, 1.82) is 0 Å². The average molecular weight is 288 g/mol. The van der Waals surface area contributed by atoms with Crippen molar-refractivity contribution in [2.45, 2.75) is 44.6 Å². The Bertz CT molecular complexity index is 503. The number of rotatable bonds is 5. The van der Waals surface area contributed by atoms with E-state index in [1.807, 2.05) is 6.07 Å². The first-order chi connectivity index (χ1) is 10.3. The lowest BCUT2D eigenvalue weighted by Gasteiger charge is -2.17. The maximum Gasteiger partial charge on any atom is 0.224 e. The Morgan fingerprint density at radius 3 is 3.10 bits per heavy atom. The van der Waals surface area contributed by atoms with Crippen LogP contribution in [0.5, 0.6) is 0 Å². The maximum atomic E-state index is 9.61. The summed E-state index contributed by atoms with van der Waals surface area (Å²) in [7, 11) is 0. The Balaban J connectivity index is 1.52. The number of aromatic nitrogens is 2. The minimum absolute atomic E-state index is 0.227. The summed E-state index contributed by atoms with van der Waals surface area (Å²) in [4.78, 5) is 10.9. The highest BCUT2D eigenvalue weighted by Gasteiger charge is 2.21. The van der Waals surface area contributed by atoms with Gasteiger partial charge in [0, 0.05) is 25.8 Å². The molecule has 21 heavy (non-hydrogen) atoms. The van der Waals surface area contributed by atoms with Crippen molar-refractivity contribution in [3.05, 3.63) is 23.9 Å². The van der Waals surface area contributed by atoms with Crippen LogP contribution in [0.2, 0.25) is 0 Å². The van der Waals surface area contributed by atoms with E-state index in [9.17, 15) is 5.11 Å². The van der Waals surface area contributed by atoms with Crippen LogP contribution in [0.4, 0.5) is 11.8 Å². The third-order valence-corrected chi connectivity index (χ3v) is 4.24. The Morgan fingerprint density at radius 1 is 1.38 bits per heavy atom. The zero-order chi connectivity index (χ0) is 14.5. The molecule has 3 rings (SSSR count). The summed E-state index contributed by atoms with van der Waals surface area (Å²) < 4.78 is 0. The Hall–Kier alpha value is -1.62. The molecule has 0 bridgehead atoms. The lowest BCUT2D eigenvalue weighted by molar-refractivity contribution is 0.198. The van der Waals surface area contributed by atoms with Gasteiger partial charge in [0.05, 0.1) is 6.10 Å². The maximum absolute atomic E-state index is 9.61. The lowest BCUT2D eigenvalue weighted by atomic mass is 9.97. The van der Waals surface area contributed by atoms with Crippen molar-refractivity contribution in [3.63, 3.8) is 0 Å². The summed E-state index contributed by atoms with van der Waals surface area (Å²) in [6.07, 6.45) is 11.0. The second-order valence-corrected chi connectivity index (χ2v) is 5.91. The van der Waals surface area contributed by atoms with Crippen LogP contribution in [0.1, 0.15) is 38.5 Å². The van der Waals surface area contributed by atoms with Gasteiger partial charge in [0.2, 0.25) is 5.95 Å². The highest BCUT2D eigenvalue weighted by molar-refractivity contribution is 5.43. The Morgan fingerprint density at radius 2 is 2.33 bits per heavy atom. The molecule has 1 aliphatic heterocycles. The molecule has 1 fully saturated rings. The Labute approximate surface area is 126 Å². The fourth-order valence-electron chi connectivity index (χ4n) is 3.03. The van der Waals surface area contributed by atoms with E-state index in [4.69, 9.17) is 0 Å². The van der Waals surface area contributed by atoms with Crippen molar-refractivity contribution in [2.24, 2.45) is 0 Å². The van der Waals surface area contributed by atoms with Crippen LogP contribution in [-0.4, -0.2) is 40.8 Å². The molecule has 0 aromatic carbocycles. The molecule has 2 aliphatic rings. The number of anilines is 2. The van der Waals surface area contributed by atoms with Gasteiger partial charge in [-0.2, -0.15) is 4.98 Å². The van der Waals surface area contributed by atoms with Gasteiger partial charge in [-0.1, -0.05) is 11.6 Å². The van der Waals surface area contributed by atoms with Crippen molar-refractivity contribution in [3.8, 4) is 0 Å². The van der Waals surface area contributed by atoms with Crippen molar-refractivity contribution >= 4 is 11.8 Å². The summed E-state index contributed by atoms with van der Waals surface area (Å²) in [5.41, 5.74) is 1.56. The predicted octanol–water partition coefficient (Wildman–Crippen LogP) is 2.35. The fraction of sp³-hybridized carbons (Fsp3) is 0.625. The molecule has 0 spiro atoms. The van der Waals surface area contributed by atoms with Gasteiger partial charge in [-0.3, -0.25) is 0 Å². The highest BCUT2D eigenvalue weighted by atomic mass is 16.3. The van der Waals surface area contributed by atoms with E-state index in [-0.39, 0.29) is 6.10 Å². The third-order valence-electron chi connectivity index (χ3n) is 4.24. The van der Waals surface area contributed by atoms with Gasteiger partial charge < -0.3 is 15.3 Å². The summed E-state index contributed by atoms with van der Waals surface area (Å²) in [5, 5.41) is 12.9. The number of β-amino-alcohol motifs (C(OH)–C–C–N with tert-alkyl or cyclic N) is 1. The molecule has 2 N–H and O–H groups in total. The average Bonchev–Trinajstić information content (AvgIpc) is 2.95. The van der Waals surface area contributed by atoms with Crippen LogP contribution in [0.15, 0.2) is 23.9 Å². The fourth-order valence-corrected chi connectivity index (χ4v) is 3.03. The lowest BCUT2D eigenvalue weighted by Crippen LogP contribution is -2.22. The molecule has 1 aromatic heterocycles. The molecule has 1 saturated heterocycles. The number of aliphatic hydroxyl groups is 1. The van der Waals surface area contributed by atoms with Crippen LogP contribution < -0.4 is 10.2 Å². The zero-order valence-electron chi connectivity index (χ0n) is 12.5. The number of nitrogens with zero attached hydrogens (tertiary/aromatic N) is 3. The SMILES string of the molecule is OC1CCN(c2ccnc(NCCC3=CCCCC3)n2)C1. The quantitative estimate of drug-likeness (QED) is 0.814. The Kier molecular flexibility index (Phi) is 4.70. The zero-order valence-corrected chi connectivity index (χ0v) is 12.5. The third kappa shape index (κ3) is 3.94. The number of hydrogen-bond donors (Lipinski definition) is 2. The molecule has 5 heteroatoms. The molecule has 0 radical (unpaired) electrons. The number of allylic oxidation sites excluding steroid dienone is 1. The molecule has 0 amide bonds. The molecule has 1 aliphatic carbocycles. The summed E-state index contributed by atoms with van der Waals surface area (Å²) in [6, 6.07) is 1.91. The van der Waals surface area contributed by atoms with E-state index in [2.05, 4.69) is 26.3 Å². The second kappa shape index (κ2) is 6.89. The minimum Gasteiger partial charge on any atom is -0.391 e. The molecule has 114 valence electrons. The summed E-state index contributed by atoms with van der Waals surface area (Å²) in [5.74, 6) is 1.59. The van der Waals surface area contributed by atoms with Gasteiger partial charge in [-0.05, 0) is 44.6 Å². The summed E-state index contributed by atoms with van der Waals surface area (Å²) >= 11 is 0. The molecule has 0 saturated carbocycles. The first-order valence-corrected chi connectivity index (χ1v) is 7.99. The van der Waals surface area contributed by atoms with Crippen molar-refractivity contribution < 1.29 is 5.11 Å². The number of nitrogens with one attached hydrogen (secondary N) is 1. The van der Waals surface area contributed by atoms with Gasteiger partial charge in [0.15, 0.2) is 0 Å². The van der Waals surface area contributed by atoms with Crippen LogP contribution in [0, 0.1) is 0 Å². The number of hydrogen-bond acceptors (Lipinski definition) is 5. The van der Waals surface area contributed by atoms with Crippen molar-refractivity contribution in [2.75, 3.05) is 29.9 Å². The van der Waals surface area contributed by atoms with Gasteiger partial charge in [-0.25, -0.2) is 4.98 Å². The monoisotopic (exact) mass is 288 g/mol. The van der Waals surface area contributed by atoms with Gasteiger partial charge in [0.1, 0.15) is 5.82 Å². The van der Waals surface area contributed by atoms with Crippen LogP contribution >= 0.6 is 0 Å². The number of aliphatic hydroxyl groups excluding tert-OH is 1. The van der Waals surface area contributed by atoms with E-state index < -0.39 is 0 Å². The van der Waals surface area contributed by atoms with Gasteiger partial charge >= 0.3 is 0 Å². The normalized spacial score (nSPS) is 22.2. The van der Waals surface area contributed by atoms with E-state index in [0.717, 1.165) is 31.7 Å². The van der Waals surface area contributed by atoms with E-state index in [1.54, 1.807) is 11.8 Å². The standard InChI is InChI=1S/C16H24N4O/c21-14-8-11-20(12-14)15-7-10-18-16(19-15)17-9-6-13-4-2-1-3-5-13/h4,7,10,14,21H,1-3,5-6,8-9,11-12H2,(H,17,18,19). The molecule has 1 aromatic rings. The first-order valence-electron chi connectivity index (χ1n) is 7.99. The smallest absolute Gasteiger partial charge is 0.224 e. The summed E-state index contributed by atoms with van der Waals surface area (Å²) in [6.45, 7) is 2.42. The molecule has 1 atom stereocenters. The predicted molar refractivity (Wildman–Crippen MR) is 84.5 cm³/mol. The largest absolute Gasteiger partial charge is 0.391 e. The van der Waals surface area contributed by atoms with Crippen LogP contribution in [0.3, 0.4) is 0 Å². The van der Waals surface area contributed by atoms with Gasteiger partial charge in [0.25, 0.3) is 0 Å². The second-order valence-electron chi connectivity index (χ2n) is 5.91. The first kappa shape index (κ1) is 14.3. The topological polar surface area (TPSA) is 61.3 Å². The molecule has 5 nitrogen and oxygen atoms in total. The highest BCUT2D eigenvalue weighted by Crippen LogP contribution is 2.21. The molecular weight excluding hydrogens is 264 g/mol. The molecular formula is C16H24N4O. The molecule has 2 heterocycles. The van der Waals surface area contributed by atoms with Crippen LogP contribution in [0.25, 0.3) is 0 Å². The van der Waals surface area contributed by atoms with E-state index in [1.165, 1.54) is 25.7 Å². The van der Waals surface area contributed by atoms with Crippen LogP contribution in [-0.2, 0) is 0 Å². The van der Waals surface area contributed by atoms with E-state index >= 15 is 0 Å². The van der Waals surface area contributed by atoms with Crippen molar-refractivity contribution in [1.82, 2.24) is 9.97 Å². The van der Waals surface area contributed by atoms with Gasteiger partial charge in [-0.15, -0.1) is 0 Å².